The maximum atomic E-state index is 3.96. The van der Waals surface area contributed by atoms with Crippen LogP contribution in [-0.2, 0) is 0 Å². The fourth-order valence-corrected chi connectivity index (χ4v) is 1.15. The van der Waals surface area contributed by atoms with E-state index in [1.54, 1.807) is 0 Å². The highest BCUT2D eigenvalue weighted by molar-refractivity contribution is 4.48. The molecule has 0 aliphatic carbocycles. The molecule has 0 radical (unpaired) electrons. The van der Waals surface area contributed by atoms with Crippen molar-refractivity contribution in [3.05, 3.63) is 0 Å². The van der Waals surface area contributed by atoms with Gasteiger partial charge in [-0.05, 0) is 25.2 Å². The van der Waals surface area contributed by atoms with Crippen molar-refractivity contribution in [2.75, 3.05) is 13.1 Å². The average molecular weight is 159 g/mol. The Morgan fingerprint density at radius 2 is 1.91 bits per heavy atom. The summed E-state index contributed by atoms with van der Waals surface area (Å²) in [6.45, 7) is 9.03. The van der Waals surface area contributed by atoms with Gasteiger partial charge < -0.3 is 0 Å². The summed E-state index contributed by atoms with van der Waals surface area (Å²) in [7, 11) is 0. The third-order valence-corrected chi connectivity index (χ3v) is 1.80. The molecule has 68 valence electrons. The molecular weight excluding hydrogens is 136 g/mol. The fraction of sp³-hybridized carbons (Fsp3) is 1.00. The van der Waals surface area contributed by atoms with Crippen molar-refractivity contribution in [2.24, 2.45) is 5.92 Å². The van der Waals surface area contributed by atoms with Crippen molar-refractivity contribution in [3.8, 4) is 0 Å². The molecular formula is C9H23N2+. The molecule has 0 amide bonds. The van der Waals surface area contributed by atoms with Gasteiger partial charge in [0.1, 0.15) is 0 Å². The molecule has 0 spiro atoms. The van der Waals surface area contributed by atoms with Gasteiger partial charge in [0.05, 0.1) is 0 Å². The lowest BCUT2D eigenvalue weighted by Crippen LogP contribution is -2.67. The Hall–Kier alpha value is -0.0800. The zero-order chi connectivity index (χ0) is 8.69. The highest BCUT2D eigenvalue weighted by Gasteiger charge is 2.00. The Kier molecular flexibility index (Phi) is 6.57. The highest BCUT2D eigenvalue weighted by atomic mass is 15.4. The summed E-state index contributed by atoms with van der Waals surface area (Å²) in [5, 5.41) is 2.17. The molecule has 0 saturated carbocycles. The number of quaternary nitrogens is 1. The van der Waals surface area contributed by atoms with Gasteiger partial charge in [-0.1, -0.05) is 20.8 Å². The second kappa shape index (κ2) is 6.62. The van der Waals surface area contributed by atoms with Gasteiger partial charge in [0, 0.05) is 13.1 Å². The van der Waals surface area contributed by atoms with E-state index in [0.29, 0.717) is 0 Å². The first-order chi connectivity index (χ1) is 5.16. The molecule has 0 rings (SSSR count). The largest absolute Gasteiger partial charge is 0.278 e. The molecule has 0 aromatic heterocycles. The van der Waals surface area contributed by atoms with E-state index in [4.69, 9.17) is 0 Å². The highest BCUT2D eigenvalue weighted by Crippen LogP contribution is 2.02. The van der Waals surface area contributed by atoms with Crippen LogP contribution in [0.5, 0.6) is 0 Å². The Morgan fingerprint density at radius 1 is 1.27 bits per heavy atom. The van der Waals surface area contributed by atoms with Crippen molar-refractivity contribution in [1.82, 2.24) is 5.01 Å². The lowest BCUT2D eigenvalue weighted by Gasteiger charge is -2.11. The summed E-state index contributed by atoms with van der Waals surface area (Å²) in [4.78, 5) is 0. The summed E-state index contributed by atoms with van der Waals surface area (Å²) in [6, 6.07) is 0. The first kappa shape index (κ1) is 10.9. The second-order valence-electron chi connectivity index (χ2n) is 3.65. The van der Waals surface area contributed by atoms with Gasteiger partial charge in [-0.3, -0.25) is 5.84 Å². The predicted octanol–water partition coefficient (Wildman–Crippen LogP) is 1.29. The molecule has 0 bridgehead atoms. The number of rotatable bonds is 6. The van der Waals surface area contributed by atoms with E-state index in [0.717, 1.165) is 19.0 Å². The lowest BCUT2D eigenvalue weighted by molar-refractivity contribution is -0.575. The van der Waals surface area contributed by atoms with Crippen LogP contribution in [0.1, 0.15) is 40.0 Å². The van der Waals surface area contributed by atoms with Gasteiger partial charge in [-0.2, -0.15) is 5.01 Å². The topological polar surface area (TPSA) is 30.9 Å². The van der Waals surface area contributed by atoms with Crippen LogP contribution in [0.4, 0.5) is 0 Å². The van der Waals surface area contributed by atoms with Crippen LogP contribution in [0.15, 0.2) is 0 Å². The smallest absolute Gasteiger partial charge is 0.0473 e. The van der Waals surface area contributed by atoms with Gasteiger partial charge >= 0.3 is 0 Å². The van der Waals surface area contributed by atoms with Gasteiger partial charge in [-0.15, -0.1) is 0 Å². The van der Waals surface area contributed by atoms with Crippen LogP contribution in [0.2, 0.25) is 0 Å². The quantitative estimate of drug-likeness (QED) is 0.582. The Bertz CT molecular complexity index is 81.6. The van der Waals surface area contributed by atoms with E-state index < -0.39 is 0 Å². The van der Waals surface area contributed by atoms with E-state index in [1.165, 1.54) is 19.3 Å². The van der Waals surface area contributed by atoms with Crippen molar-refractivity contribution in [1.29, 1.82) is 0 Å². The molecule has 3 N–H and O–H groups in total. The van der Waals surface area contributed by atoms with Crippen molar-refractivity contribution in [3.63, 3.8) is 0 Å². The summed E-state index contributed by atoms with van der Waals surface area (Å²) in [5.74, 6) is 4.80. The van der Waals surface area contributed by atoms with Crippen LogP contribution >= 0.6 is 0 Å². The summed E-state index contributed by atoms with van der Waals surface area (Å²) in [5.41, 5.74) is 0. The van der Waals surface area contributed by atoms with Gasteiger partial charge in [-0.25, -0.2) is 0 Å². The normalized spacial score (nSPS) is 11.5. The Balaban J connectivity index is 3.10. The van der Waals surface area contributed by atoms with Gasteiger partial charge in [0.25, 0.3) is 0 Å². The van der Waals surface area contributed by atoms with E-state index in [9.17, 15) is 0 Å². The van der Waals surface area contributed by atoms with Crippen molar-refractivity contribution >= 4 is 0 Å². The molecule has 0 aliphatic rings. The molecule has 2 nitrogen and oxygen atoms in total. The van der Waals surface area contributed by atoms with E-state index in [1.807, 2.05) is 0 Å². The minimum Gasteiger partial charge on any atom is -0.278 e. The third kappa shape index (κ3) is 7.82. The van der Waals surface area contributed by atoms with E-state index in [2.05, 4.69) is 31.6 Å². The Morgan fingerprint density at radius 3 is 2.36 bits per heavy atom. The van der Waals surface area contributed by atoms with Crippen LogP contribution in [0.25, 0.3) is 0 Å². The standard InChI is InChI=1S/C9H22N2/c1-4-7-11(10)8-5-6-9(2)3/h9H,4-8,10H2,1-3H3/p+1. The zero-order valence-corrected chi connectivity index (χ0v) is 8.27. The average Bonchev–Trinajstić information content (AvgIpc) is 1.87. The summed E-state index contributed by atoms with van der Waals surface area (Å²) in [6.07, 6.45) is 3.84. The molecule has 0 aliphatic heterocycles. The number of nitrogens with zero attached hydrogens (tertiary/aromatic N) is 1. The molecule has 0 aromatic carbocycles. The first-order valence-electron chi connectivity index (χ1n) is 4.72. The Labute approximate surface area is 70.7 Å². The molecule has 0 unspecified atom stereocenters. The summed E-state index contributed by atoms with van der Waals surface area (Å²) < 4.78 is 0. The van der Waals surface area contributed by atoms with Crippen LogP contribution in [0.3, 0.4) is 0 Å². The van der Waals surface area contributed by atoms with Gasteiger partial charge in [0.15, 0.2) is 0 Å². The van der Waals surface area contributed by atoms with Crippen LogP contribution < -0.4 is 5.84 Å². The minimum absolute atomic E-state index is 0.838. The molecule has 0 aromatic rings. The number of hydrogen-bond donors (Lipinski definition) is 1. The van der Waals surface area contributed by atoms with Crippen LogP contribution in [0, 0.1) is 5.92 Å². The lowest BCUT2D eigenvalue weighted by atomic mass is 10.1. The van der Waals surface area contributed by atoms with E-state index in [-0.39, 0.29) is 0 Å². The third-order valence-electron chi connectivity index (χ3n) is 1.80. The molecule has 11 heavy (non-hydrogen) atoms. The number of hydrogen-bond acceptors (Lipinski definition) is 1. The van der Waals surface area contributed by atoms with Crippen molar-refractivity contribution in [2.45, 2.75) is 40.0 Å². The summed E-state index contributed by atoms with van der Waals surface area (Å²) >= 11 is 0. The monoisotopic (exact) mass is 159 g/mol. The molecule has 0 heterocycles. The van der Waals surface area contributed by atoms with Gasteiger partial charge in [0.2, 0.25) is 0 Å². The molecule has 0 atom stereocenters. The SMILES string of the molecule is CCCN([NH3+])CCCC(C)C. The molecule has 0 saturated heterocycles. The predicted molar refractivity (Wildman–Crippen MR) is 48.8 cm³/mol. The molecule has 2 heteroatoms. The van der Waals surface area contributed by atoms with E-state index >= 15 is 0 Å². The fourth-order valence-electron chi connectivity index (χ4n) is 1.15. The second-order valence-corrected chi connectivity index (χ2v) is 3.65. The molecule has 0 fully saturated rings. The maximum Gasteiger partial charge on any atom is 0.0473 e. The zero-order valence-electron chi connectivity index (χ0n) is 8.27. The van der Waals surface area contributed by atoms with Crippen molar-refractivity contribution < 1.29 is 5.84 Å². The van der Waals surface area contributed by atoms with Crippen LogP contribution in [-0.4, -0.2) is 18.1 Å². The first-order valence-corrected chi connectivity index (χ1v) is 4.72. The minimum atomic E-state index is 0.838. The maximum absolute atomic E-state index is 3.96.